The summed E-state index contributed by atoms with van der Waals surface area (Å²) in [5.41, 5.74) is 0. The number of carbonyl (C=O) groups is 11. The minimum absolute atomic E-state index is 0.0235. The van der Waals surface area contributed by atoms with E-state index in [0.717, 1.165) is 9.80 Å². The van der Waals surface area contributed by atoms with Crippen molar-refractivity contribution in [2.24, 2.45) is 41.4 Å². The van der Waals surface area contributed by atoms with E-state index in [4.69, 9.17) is 0 Å². The van der Waals surface area contributed by atoms with Crippen molar-refractivity contribution in [1.29, 1.82) is 0 Å². The molecule has 0 aromatic heterocycles. The number of aliphatic hydroxyl groups is 1. The number of amides is 11. The molecule has 1 rings (SSSR count). The molecule has 0 unspecified atom stereocenters. The highest BCUT2D eigenvalue weighted by molar-refractivity contribution is 5.99. The molecule has 11 amide bonds. The summed E-state index contributed by atoms with van der Waals surface area (Å²) in [5, 5.41) is 23.1. The Morgan fingerprint density at radius 3 is 1.29 bits per heavy atom. The molecule has 0 saturated carbocycles. The average molecular weight is 1220 g/mol. The number of hydrogen-bond donors (Lipinski definition) is 5. The van der Waals surface area contributed by atoms with Crippen LogP contribution in [0.4, 0.5) is 0 Å². The lowest BCUT2D eigenvalue weighted by atomic mass is 9.91. The third-order valence-electron chi connectivity index (χ3n) is 16.2. The van der Waals surface area contributed by atoms with Crippen LogP contribution >= 0.6 is 0 Å². The molecule has 0 aliphatic carbocycles. The topological polar surface area (TPSA) is 279 Å². The SMILES string of the molecule is C/C=C/C[C@@H](C)[C@@H](O)[C@H]1C(=O)N[C@@H](CC)C(=O)N(C)CC(=O)N(C)[C@@H](CC(C)C)C(=O)N[C@@H](CC(C)C)C(=O)N(C)[C@@H](CC(C)C)C(=O)N[C@@H](C)C(=O)N[C@H](C)C(=O)N(C)[C@@H](CC(C)C)C(=O)N(C)[C@@H](CC(C)C)C(=O)N(C)[C@@H](C(C)C)C(=O)N1C. The summed E-state index contributed by atoms with van der Waals surface area (Å²) in [4.78, 5) is 169. The van der Waals surface area contributed by atoms with Crippen LogP contribution in [0.25, 0.3) is 0 Å². The van der Waals surface area contributed by atoms with Crippen molar-refractivity contribution >= 4 is 65.0 Å². The Balaban J connectivity index is 4.34. The van der Waals surface area contributed by atoms with Crippen molar-refractivity contribution in [2.45, 2.75) is 229 Å². The van der Waals surface area contributed by atoms with Crippen molar-refractivity contribution in [2.75, 3.05) is 55.9 Å². The number of rotatable bonds is 16. The number of likely N-dealkylation sites (N-methyl/N-ethyl adjacent to an activating group) is 7. The Labute approximate surface area is 515 Å². The maximum atomic E-state index is 15.1. The van der Waals surface area contributed by atoms with Crippen LogP contribution in [0.5, 0.6) is 0 Å². The van der Waals surface area contributed by atoms with Crippen LogP contribution in [0.3, 0.4) is 0 Å². The van der Waals surface area contributed by atoms with Crippen LogP contribution < -0.4 is 21.3 Å². The molecule has 0 aromatic rings. The zero-order chi connectivity index (χ0) is 66.7. The Bertz CT molecular complexity index is 2340. The van der Waals surface area contributed by atoms with Crippen LogP contribution in [0, 0.1) is 41.4 Å². The first kappa shape index (κ1) is 77.9. The van der Waals surface area contributed by atoms with Gasteiger partial charge in [0.25, 0.3) is 0 Å². The maximum Gasteiger partial charge on any atom is 0.246 e. The largest absolute Gasteiger partial charge is 0.390 e. The average Bonchev–Trinajstić information content (AvgIpc) is 1.74. The molecule has 1 saturated heterocycles. The van der Waals surface area contributed by atoms with E-state index in [-0.39, 0.29) is 68.1 Å². The first-order valence-electron chi connectivity index (χ1n) is 31.0. The van der Waals surface area contributed by atoms with Crippen molar-refractivity contribution in [3.05, 3.63) is 12.2 Å². The molecule has 492 valence electrons. The van der Waals surface area contributed by atoms with Crippen LogP contribution in [-0.4, -0.2) is 227 Å². The lowest BCUT2D eigenvalue weighted by Crippen LogP contribution is -2.63. The number of aliphatic hydroxyl groups excluding tert-OH is 1. The van der Waals surface area contributed by atoms with E-state index in [0.29, 0.717) is 6.42 Å². The fourth-order valence-electron chi connectivity index (χ4n) is 10.9. The second-order valence-electron chi connectivity index (χ2n) is 26.6. The van der Waals surface area contributed by atoms with Gasteiger partial charge in [-0.3, -0.25) is 52.7 Å². The second-order valence-corrected chi connectivity index (χ2v) is 26.6. The number of nitrogens with zero attached hydrogens (tertiary/aromatic N) is 7. The molecule has 23 nitrogen and oxygen atoms in total. The molecule has 0 aromatic carbocycles. The van der Waals surface area contributed by atoms with E-state index in [2.05, 4.69) is 21.3 Å². The van der Waals surface area contributed by atoms with Gasteiger partial charge in [0.2, 0.25) is 65.0 Å². The first-order valence-corrected chi connectivity index (χ1v) is 31.0. The second kappa shape index (κ2) is 35.6. The Kier molecular flexibility index (Phi) is 32.3. The Morgan fingerprint density at radius 1 is 0.442 bits per heavy atom. The van der Waals surface area contributed by atoms with Gasteiger partial charge in [0, 0.05) is 49.3 Å². The quantitative estimate of drug-likeness (QED) is 0.139. The Morgan fingerprint density at radius 2 is 0.837 bits per heavy atom. The third kappa shape index (κ3) is 22.2. The van der Waals surface area contributed by atoms with Crippen molar-refractivity contribution < 1.29 is 57.8 Å². The summed E-state index contributed by atoms with van der Waals surface area (Å²) in [7, 11) is 9.94. The minimum Gasteiger partial charge on any atom is -0.390 e. The molecule has 12 atom stereocenters. The molecular formula is C63H113N11O12. The van der Waals surface area contributed by atoms with E-state index >= 15 is 9.59 Å². The third-order valence-corrected chi connectivity index (χ3v) is 16.2. The van der Waals surface area contributed by atoms with Crippen LogP contribution in [0.1, 0.15) is 163 Å². The molecule has 1 aliphatic rings. The number of carbonyl (C=O) groups excluding carboxylic acids is 11. The van der Waals surface area contributed by atoms with Gasteiger partial charge < -0.3 is 60.7 Å². The van der Waals surface area contributed by atoms with Crippen LogP contribution in [0.2, 0.25) is 0 Å². The van der Waals surface area contributed by atoms with E-state index in [1.807, 2.05) is 75.3 Å². The fourth-order valence-corrected chi connectivity index (χ4v) is 10.9. The monoisotopic (exact) mass is 1220 g/mol. The van der Waals surface area contributed by atoms with Crippen LogP contribution in [-0.2, 0) is 52.7 Å². The zero-order valence-corrected chi connectivity index (χ0v) is 56.8. The summed E-state index contributed by atoms with van der Waals surface area (Å²) < 4.78 is 0. The van der Waals surface area contributed by atoms with Gasteiger partial charge in [0.05, 0.1) is 12.6 Å². The molecule has 0 radical (unpaired) electrons. The summed E-state index contributed by atoms with van der Waals surface area (Å²) in [5.74, 6) is -9.28. The zero-order valence-electron chi connectivity index (χ0n) is 56.8. The van der Waals surface area contributed by atoms with E-state index < -0.39 is 150 Å². The lowest BCUT2D eigenvalue weighted by Gasteiger charge is -2.41. The van der Waals surface area contributed by atoms with Gasteiger partial charge in [0.1, 0.15) is 60.4 Å². The number of hydrogen-bond acceptors (Lipinski definition) is 12. The molecule has 1 fully saturated rings. The summed E-state index contributed by atoms with van der Waals surface area (Å²) in [6.07, 6.45) is 3.21. The highest BCUT2D eigenvalue weighted by Gasteiger charge is 2.45. The first-order chi connectivity index (χ1) is 39.7. The van der Waals surface area contributed by atoms with Gasteiger partial charge in [-0.15, -0.1) is 0 Å². The predicted octanol–water partition coefficient (Wildman–Crippen LogP) is 3.66. The molecule has 5 N–H and O–H groups in total. The van der Waals surface area contributed by atoms with E-state index in [9.17, 15) is 48.3 Å². The fraction of sp³-hybridized carbons (Fsp3) is 0.794. The molecule has 0 bridgehead atoms. The predicted molar refractivity (Wildman–Crippen MR) is 333 cm³/mol. The van der Waals surface area contributed by atoms with Crippen molar-refractivity contribution in [3.8, 4) is 0 Å². The van der Waals surface area contributed by atoms with Gasteiger partial charge >= 0.3 is 0 Å². The van der Waals surface area contributed by atoms with Gasteiger partial charge in [-0.1, -0.05) is 109 Å². The maximum absolute atomic E-state index is 15.1. The standard InChI is InChI=1S/C63H113N11O12/c1-25-27-28-41(15)53(76)52-57(80)66-44(26-2)59(82)68(18)34-50(75)69(19)46(30-36(5)6)56(79)67-45(29-35(3)4)60(83)70(20)47(31-37(7)8)55(78)64-42(16)54(77)65-43(17)58(81)71(21)48(32-38(9)10)61(84)72(22)49(33-39(11)12)62(85)73(23)51(40(13)14)63(86)74(52)24/h25,27,35-49,51-53,76H,26,28-34H2,1-24H3,(H,64,78)(H,65,77)(H,66,80)(H,67,79)/b27-25+/t41-,42+,43-,44+,45+,46+,47+,48+,49+,51+,52+,53-/m1/s1. The highest BCUT2D eigenvalue weighted by atomic mass is 16.3. The lowest BCUT2D eigenvalue weighted by molar-refractivity contribution is -0.157. The van der Waals surface area contributed by atoms with Crippen LogP contribution in [0.15, 0.2) is 12.2 Å². The molecule has 1 heterocycles. The highest BCUT2D eigenvalue weighted by Crippen LogP contribution is 2.26. The molecular weight excluding hydrogens is 1100 g/mol. The number of nitrogens with one attached hydrogen (secondary N) is 4. The molecule has 23 heteroatoms. The van der Waals surface area contributed by atoms with Crippen molar-refractivity contribution in [1.82, 2.24) is 55.6 Å². The molecule has 86 heavy (non-hydrogen) atoms. The van der Waals surface area contributed by atoms with E-state index in [1.54, 1.807) is 40.7 Å². The molecule has 0 spiro atoms. The van der Waals surface area contributed by atoms with Gasteiger partial charge in [0.15, 0.2) is 0 Å². The van der Waals surface area contributed by atoms with Gasteiger partial charge in [-0.05, 0) is 107 Å². The van der Waals surface area contributed by atoms with E-state index in [1.165, 1.54) is 87.7 Å². The smallest absolute Gasteiger partial charge is 0.246 e. The summed E-state index contributed by atoms with van der Waals surface area (Å²) >= 11 is 0. The van der Waals surface area contributed by atoms with Crippen molar-refractivity contribution in [3.63, 3.8) is 0 Å². The molecule has 1 aliphatic heterocycles. The number of allylic oxidation sites excluding steroid dienone is 2. The van der Waals surface area contributed by atoms with Gasteiger partial charge in [-0.25, -0.2) is 0 Å². The van der Waals surface area contributed by atoms with Gasteiger partial charge in [-0.2, -0.15) is 0 Å². The minimum atomic E-state index is -1.61. The normalized spacial score (nSPS) is 26.7. The summed E-state index contributed by atoms with van der Waals surface area (Å²) in [6.45, 7) is 29.7. The summed E-state index contributed by atoms with van der Waals surface area (Å²) in [6, 6.07) is -12.3. The Hall–Kier alpha value is -6.13.